The molecule has 1 amide bonds. The molecule has 0 N–H and O–H groups in total. The molecule has 0 aromatic rings. The van der Waals surface area contributed by atoms with Crippen LogP contribution in [0.25, 0.3) is 0 Å². The van der Waals surface area contributed by atoms with Crippen molar-refractivity contribution >= 4 is 20.1 Å². The van der Waals surface area contributed by atoms with Gasteiger partial charge in [0.05, 0.1) is 0 Å². The highest BCUT2D eigenvalue weighted by Crippen LogP contribution is 2.38. The average molecular weight is 231 g/mol. The van der Waals surface area contributed by atoms with Crippen molar-refractivity contribution in [2.24, 2.45) is 0 Å². The summed E-state index contributed by atoms with van der Waals surface area (Å²) >= 11 is 0. The van der Waals surface area contributed by atoms with Crippen LogP contribution in [0.3, 0.4) is 0 Å². The minimum atomic E-state index is -2.12. The van der Waals surface area contributed by atoms with Gasteiger partial charge in [0.1, 0.15) is 0 Å². The van der Waals surface area contributed by atoms with Gasteiger partial charge in [0.2, 0.25) is 14.1 Å². The van der Waals surface area contributed by atoms with E-state index in [2.05, 4.69) is 20.8 Å². The summed E-state index contributed by atoms with van der Waals surface area (Å²) in [6.45, 7) is 12.9. The zero-order valence-corrected chi connectivity index (χ0v) is 11.7. The van der Waals surface area contributed by atoms with Gasteiger partial charge in [-0.05, 0) is 18.1 Å². The summed E-state index contributed by atoms with van der Waals surface area (Å²) in [5.41, 5.74) is 0. The molecule has 5 heteroatoms. The lowest BCUT2D eigenvalue weighted by atomic mass is 10.2. The molecule has 0 unspecified atom stereocenters. The number of amides is 1. The lowest BCUT2D eigenvalue weighted by Crippen LogP contribution is -2.57. The summed E-state index contributed by atoms with van der Waals surface area (Å²) in [4.78, 5) is 27.4. The van der Waals surface area contributed by atoms with Crippen LogP contribution in [-0.4, -0.2) is 24.8 Å². The summed E-state index contributed by atoms with van der Waals surface area (Å²) in [6.07, 6.45) is 0. The molecule has 0 spiro atoms. The van der Waals surface area contributed by atoms with Crippen molar-refractivity contribution in [1.29, 1.82) is 0 Å². The monoisotopic (exact) mass is 231 g/mol. The molecule has 0 aliphatic heterocycles. The molecule has 0 radical (unpaired) electrons. The largest absolute Gasteiger partial charge is 0.347 e. The first kappa shape index (κ1) is 14.2. The Morgan fingerprint density at radius 3 is 1.73 bits per heavy atom. The zero-order chi connectivity index (χ0) is 12.4. The molecule has 0 bridgehead atoms. The van der Waals surface area contributed by atoms with E-state index in [1.807, 2.05) is 13.1 Å². The van der Waals surface area contributed by atoms with E-state index in [1.165, 1.54) is 18.6 Å². The predicted octanol–water partition coefficient (Wildman–Crippen LogP) is 2.32. The van der Waals surface area contributed by atoms with Crippen LogP contribution < -0.4 is 0 Å². The van der Waals surface area contributed by atoms with Crippen LogP contribution in [0, 0.1) is 0 Å². The summed E-state index contributed by atoms with van der Waals surface area (Å²) < 4.78 is 1.29. The standard InChI is InChI=1S/C10H21NO3Si/c1-8(12)11(14-9(2)13)15(6,7)10(3,4)5/h1-7H3. The molecule has 15 heavy (non-hydrogen) atoms. The van der Waals surface area contributed by atoms with E-state index in [-0.39, 0.29) is 10.9 Å². The van der Waals surface area contributed by atoms with Crippen molar-refractivity contribution in [1.82, 2.24) is 4.73 Å². The van der Waals surface area contributed by atoms with E-state index in [9.17, 15) is 9.59 Å². The lowest BCUT2D eigenvalue weighted by molar-refractivity contribution is -0.179. The summed E-state index contributed by atoms with van der Waals surface area (Å²) in [7, 11) is -2.12. The highest BCUT2D eigenvalue weighted by molar-refractivity contribution is 6.79. The van der Waals surface area contributed by atoms with Gasteiger partial charge >= 0.3 is 5.97 Å². The lowest BCUT2D eigenvalue weighted by Gasteiger charge is -2.42. The predicted molar refractivity (Wildman–Crippen MR) is 61.5 cm³/mol. The molecule has 0 fully saturated rings. The van der Waals surface area contributed by atoms with Gasteiger partial charge in [0.15, 0.2) is 0 Å². The van der Waals surface area contributed by atoms with Gasteiger partial charge in [-0.3, -0.25) is 9.59 Å². The Balaban J connectivity index is 5.08. The first-order chi connectivity index (χ1) is 6.50. The topological polar surface area (TPSA) is 46.6 Å². The Kier molecular flexibility index (Phi) is 4.10. The molecule has 0 aliphatic rings. The molecule has 0 saturated heterocycles. The van der Waals surface area contributed by atoms with E-state index in [0.29, 0.717) is 0 Å². The Hall–Kier alpha value is -0.843. The fraction of sp³-hybridized carbons (Fsp3) is 0.800. The zero-order valence-electron chi connectivity index (χ0n) is 10.7. The average Bonchev–Trinajstić information content (AvgIpc) is 1.96. The second kappa shape index (κ2) is 4.34. The van der Waals surface area contributed by atoms with Gasteiger partial charge in [-0.1, -0.05) is 20.8 Å². The molecule has 0 rings (SSSR count). The Morgan fingerprint density at radius 2 is 1.53 bits per heavy atom. The molecule has 0 heterocycles. The Labute approximate surface area is 92.6 Å². The van der Waals surface area contributed by atoms with Crippen LogP contribution in [-0.2, 0) is 14.4 Å². The minimum Gasteiger partial charge on any atom is -0.347 e. The van der Waals surface area contributed by atoms with Crippen molar-refractivity contribution in [2.45, 2.75) is 52.8 Å². The fourth-order valence-electron chi connectivity index (χ4n) is 1.01. The highest BCUT2D eigenvalue weighted by atomic mass is 28.3. The van der Waals surface area contributed by atoms with Crippen molar-refractivity contribution in [3.05, 3.63) is 0 Å². The van der Waals surface area contributed by atoms with E-state index in [1.54, 1.807) is 0 Å². The van der Waals surface area contributed by atoms with Crippen LogP contribution in [0.1, 0.15) is 34.6 Å². The van der Waals surface area contributed by atoms with Crippen molar-refractivity contribution in [2.75, 3.05) is 0 Å². The number of rotatable bonds is 1. The molecule has 0 aromatic carbocycles. The normalized spacial score (nSPS) is 12.2. The van der Waals surface area contributed by atoms with Crippen LogP contribution in [0.15, 0.2) is 0 Å². The third kappa shape index (κ3) is 3.34. The Bertz CT molecular complexity index is 268. The molecular formula is C10H21NO3Si. The molecule has 0 atom stereocenters. The maximum absolute atomic E-state index is 11.5. The van der Waals surface area contributed by atoms with Crippen LogP contribution in [0.2, 0.25) is 18.1 Å². The summed E-state index contributed by atoms with van der Waals surface area (Å²) in [5.74, 6) is -0.660. The van der Waals surface area contributed by atoms with Crippen LogP contribution in [0.4, 0.5) is 0 Å². The second-order valence-corrected chi connectivity index (χ2v) is 10.2. The highest BCUT2D eigenvalue weighted by Gasteiger charge is 2.45. The molecule has 88 valence electrons. The molecule has 0 aromatic heterocycles. The quantitative estimate of drug-likeness (QED) is 0.514. The molecular weight excluding hydrogens is 210 g/mol. The number of hydroxylamine groups is 1. The SMILES string of the molecule is CC(=O)ON(C(C)=O)[Si](C)(C)C(C)(C)C. The third-order valence-corrected chi connectivity index (χ3v) is 7.94. The third-order valence-electron chi connectivity index (χ3n) is 2.85. The van der Waals surface area contributed by atoms with Crippen LogP contribution in [0.5, 0.6) is 0 Å². The summed E-state index contributed by atoms with van der Waals surface area (Å²) in [6, 6.07) is 0. The van der Waals surface area contributed by atoms with Gasteiger partial charge < -0.3 is 4.84 Å². The van der Waals surface area contributed by atoms with Crippen molar-refractivity contribution in [3.63, 3.8) is 0 Å². The number of nitrogens with zero attached hydrogens (tertiary/aromatic N) is 1. The van der Waals surface area contributed by atoms with Crippen molar-refractivity contribution in [3.8, 4) is 0 Å². The van der Waals surface area contributed by atoms with Crippen molar-refractivity contribution < 1.29 is 14.4 Å². The minimum absolute atomic E-state index is 0.0475. The number of carbonyl (C=O) groups excluding carboxylic acids is 2. The molecule has 0 aliphatic carbocycles. The van der Waals surface area contributed by atoms with Gasteiger partial charge in [0.25, 0.3) is 0 Å². The molecule has 4 nitrogen and oxygen atoms in total. The van der Waals surface area contributed by atoms with Crippen LogP contribution >= 0.6 is 0 Å². The smallest absolute Gasteiger partial charge is 0.328 e. The summed E-state index contributed by atoms with van der Waals surface area (Å²) in [5, 5.41) is -0.0475. The van der Waals surface area contributed by atoms with E-state index in [4.69, 9.17) is 4.84 Å². The fourth-order valence-corrected chi connectivity index (χ4v) is 2.76. The number of hydrogen-bond donors (Lipinski definition) is 0. The maximum Gasteiger partial charge on any atom is 0.328 e. The van der Waals surface area contributed by atoms with E-state index in [0.717, 1.165) is 0 Å². The first-order valence-corrected chi connectivity index (χ1v) is 7.94. The molecule has 0 saturated carbocycles. The van der Waals surface area contributed by atoms with Gasteiger partial charge in [0, 0.05) is 13.8 Å². The van der Waals surface area contributed by atoms with E-state index >= 15 is 0 Å². The van der Waals surface area contributed by atoms with E-state index < -0.39 is 14.2 Å². The van der Waals surface area contributed by atoms with Gasteiger partial charge in [-0.25, -0.2) is 4.73 Å². The maximum atomic E-state index is 11.5. The second-order valence-electron chi connectivity index (χ2n) is 5.21. The Morgan fingerprint density at radius 1 is 1.13 bits per heavy atom. The number of carbonyl (C=O) groups is 2. The van der Waals surface area contributed by atoms with Gasteiger partial charge in [-0.15, -0.1) is 0 Å². The van der Waals surface area contributed by atoms with Gasteiger partial charge in [-0.2, -0.15) is 0 Å². The number of hydrogen-bond acceptors (Lipinski definition) is 3. The first-order valence-electron chi connectivity index (χ1n) is 4.99.